The van der Waals surface area contributed by atoms with Crippen LogP contribution in [-0.4, -0.2) is 24.1 Å². The van der Waals surface area contributed by atoms with Crippen molar-refractivity contribution in [1.29, 1.82) is 0 Å². The molecule has 1 aromatic carbocycles. The van der Waals surface area contributed by atoms with Crippen LogP contribution in [0.1, 0.15) is 12.8 Å². The third-order valence-electron chi connectivity index (χ3n) is 2.02. The van der Waals surface area contributed by atoms with E-state index in [2.05, 4.69) is 5.32 Å². The minimum Gasteiger partial charge on any atom is -0.497 e. The summed E-state index contributed by atoms with van der Waals surface area (Å²) in [6.07, 6.45) is -0.294. The lowest BCUT2D eigenvalue weighted by atomic mass is 10.2. The molecule has 1 amide bonds. The van der Waals surface area contributed by atoms with Crippen LogP contribution in [0.15, 0.2) is 18.2 Å². The van der Waals surface area contributed by atoms with E-state index in [0.29, 0.717) is 16.5 Å². The summed E-state index contributed by atoms with van der Waals surface area (Å²) in [4.78, 5) is 21.6. The number of ether oxygens (including phenoxy) is 1. The average molecular weight is 258 g/mol. The molecule has 6 heteroatoms. The number of rotatable bonds is 5. The molecule has 1 aromatic rings. The number of carbonyl (C=O) groups excluding carboxylic acids is 1. The Morgan fingerprint density at radius 2 is 2.12 bits per heavy atom. The van der Waals surface area contributed by atoms with E-state index in [1.165, 1.54) is 7.11 Å². The van der Waals surface area contributed by atoms with Gasteiger partial charge in [-0.3, -0.25) is 9.59 Å². The van der Waals surface area contributed by atoms with Crippen LogP contribution in [-0.2, 0) is 9.59 Å². The third-order valence-corrected chi connectivity index (χ3v) is 2.33. The van der Waals surface area contributed by atoms with Crippen LogP contribution >= 0.6 is 11.6 Å². The first kappa shape index (κ1) is 13.3. The van der Waals surface area contributed by atoms with E-state index in [0.717, 1.165) is 0 Å². The van der Waals surface area contributed by atoms with Gasteiger partial charge in [0.05, 0.1) is 24.2 Å². The summed E-state index contributed by atoms with van der Waals surface area (Å²) < 4.78 is 4.96. The minimum absolute atomic E-state index is 0.0856. The van der Waals surface area contributed by atoms with Gasteiger partial charge in [0.25, 0.3) is 0 Å². The van der Waals surface area contributed by atoms with Gasteiger partial charge in [0.1, 0.15) is 5.75 Å². The second-order valence-corrected chi connectivity index (χ2v) is 3.69. The summed E-state index contributed by atoms with van der Waals surface area (Å²) in [6, 6.07) is 4.81. The van der Waals surface area contributed by atoms with Crippen molar-refractivity contribution in [2.24, 2.45) is 0 Å². The van der Waals surface area contributed by atoms with Crippen molar-refractivity contribution in [3.63, 3.8) is 0 Å². The van der Waals surface area contributed by atoms with Crippen LogP contribution in [0.2, 0.25) is 5.02 Å². The quantitative estimate of drug-likeness (QED) is 0.847. The Morgan fingerprint density at radius 1 is 1.41 bits per heavy atom. The molecule has 0 heterocycles. The summed E-state index contributed by atoms with van der Waals surface area (Å²) >= 11 is 5.90. The highest BCUT2D eigenvalue weighted by Crippen LogP contribution is 2.26. The summed E-state index contributed by atoms with van der Waals surface area (Å²) in [6.45, 7) is 0. The highest BCUT2D eigenvalue weighted by molar-refractivity contribution is 6.33. The highest BCUT2D eigenvalue weighted by Gasteiger charge is 2.08. The van der Waals surface area contributed by atoms with Crippen LogP contribution in [0.5, 0.6) is 5.75 Å². The molecule has 0 bridgehead atoms. The van der Waals surface area contributed by atoms with Gasteiger partial charge in [-0.2, -0.15) is 0 Å². The van der Waals surface area contributed by atoms with E-state index < -0.39 is 5.97 Å². The molecule has 0 unspecified atom stereocenters. The van der Waals surface area contributed by atoms with Gasteiger partial charge >= 0.3 is 5.97 Å². The van der Waals surface area contributed by atoms with Crippen molar-refractivity contribution < 1.29 is 19.4 Å². The van der Waals surface area contributed by atoms with Crippen molar-refractivity contribution in [2.75, 3.05) is 12.4 Å². The molecular formula is C11H12ClNO4. The first-order valence-corrected chi connectivity index (χ1v) is 5.26. The maximum Gasteiger partial charge on any atom is 0.303 e. The Labute approximate surface area is 103 Å². The predicted octanol–water partition coefficient (Wildman–Crippen LogP) is 2.15. The fraction of sp³-hybridized carbons (Fsp3) is 0.273. The molecule has 17 heavy (non-hydrogen) atoms. The van der Waals surface area contributed by atoms with Gasteiger partial charge in [-0.15, -0.1) is 0 Å². The topological polar surface area (TPSA) is 75.6 Å². The Kier molecular flexibility index (Phi) is 4.78. The molecule has 0 aliphatic rings. The molecule has 0 aromatic heterocycles. The van der Waals surface area contributed by atoms with Gasteiger partial charge in [-0.05, 0) is 12.1 Å². The molecule has 0 saturated carbocycles. The zero-order chi connectivity index (χ0) is 12.8. The molecule has 0 aliphatic heterocycles. The van der Waals surface area contributed by atoms with Crippen LogP contribution in [0, 0.1) is 0 Å². The molecule has 0 aliphatic carbocycles. The van der Waals surface area contributed by atoms with E-state index in [-0.39, 0.29) is 18.7 Å². The summed E-state index contributed by atoms with van der Waals surface area (Å²) in [5, 5.41) is 11.3. The maximum atomic E-state index is 11.4. The van der Waals surface area contributed by atoms with Crippen LogP contribution < -0.4 is 10.1 Å². The number of halogens is 1. The maximum absolute atomic E-state index is 11.4. The smallest absolute Gasteiger partial charge is 0.303 e. The molecule has 5 nitrogen and oxygen atoms in total. The number of nitrogens with one attached hydrogen (secondary N) is 1. The Balaban J connectivity index is 2.62. The number of benzene rings is 1. The zero-order valence-corrected chi connectivity index (χ0v) is 9.95. The van der Waals surface area contributed by atoms with Crippen LogP contribution in [0.3, 0.4) is 0 Å². The van der Waals surface area contributed by atoms with Crippen molar-refractivity contribution in [1.82, 2.24) is 0 Å². The lowest BCUT2D eigenvalue weighted by molar-refractivity contribution is -0.138. The summed E-state index contributed by atoms with van der Waals surface area (Å²) in [7, 11) is 1.51. The Hall–Kier alpha value is -1.75. The highest BCUT2D eigenvalue weighted by atomic mass is 35.5. The summed E-state index contributed by atoms with van der Waals surface area (Å²) in [5.41, 5.74) is 0.433. The van der Waals surface area contributed by atoms with E-state index in [1.807, 2.05) is 0 Å². The van der Waals surface area contributed by atoms with Crippen molar-refractivity contribution in [3.05, 3.63) is 23.2 Å². The minimum atomic E-state index is -1.01. The number of carboxylic acid groups (broad SMARTS) is 1. The van der Waals surface area contributed by atoms with Crippen molar-refractivity contribution >= 4 is 29.2 Å². The number of methoxy groups -OCH3 is 1. The molecule has 1 rings (SSSR count). The lowest BCUT2D eigenvalue weighted by Gasteiger charge is -2.08. The van der Waals surface area contributed by atoms with Gasteiger partial charge in [0.15, 0.2) is 0 Å². The van der Waals surface area contributed by atoms with Gasteiger partial charge in [0.2, 0.25) is 5.91 Å². The molecule has 0 spiro atoms. The largest absolute Gasteiger partial charge is 0.497 e. The van der Waals surface area contributed by atoms with Gasteiger partial charge in [0, 0.05) is 12.5 Å². The van der Waals surface area contributed by atoms with Crippen molar-refractivity contribution in [3.8, 4) is 5.75 Å². The second-order valence-electron chi connectivity index (χ2n) is 3.29. The summed E-state index contributed by atoms with van der Waals surface area (Å²) in [5.74, 6) is -0.820. The monoisotopic (exact) mass is 257 g/mol. The van der Waals surface area contributed by atoms with Crippen molar-refractivity contribution in [2.45, 2.75) is 12.8 Å². The third kappa shape index (κ3) is 4.32. The fourth-order valence-electron chi connectivity index (χ4n) is 1.16. The first-order valence-electron chi connectivity index (χ1n) is 4.88. The Bertz CT molecular complexity index is 433. The van der Waals surface area contributed by atoms with Crippen LogP contribution in [0.25, 0.3) is 0 Å². The SMILES string of the molecule is COc1ccc(NC(=O)CCC(=O)O)c(Cl)c1. The molecule has 0 radical (unpaired) electrons. The fourth-order valence-corrected chi connectivity index (χ4v) is 1.38. The first-order chi connectivity index (χ1) is 8.02. The van der Waals surface area contributed by atoms with E-state index in [4.69, 9.17) is 21.4 Å². The van der Waals surface area contributed by atoms with Gasteiger partial charge in [-0.1, -0.05) is 11.6 Å². The predicted molar refractivity (Wildman–Crippen MR) is 63.5 cm³/mol. The Morgan fingerprint density at radius 3 is 2.65 bits per heavy atom. The number of aliphatic carboxylic acids is 1. The number of amides is 1. The number of carboxylic acids is 1. The van der Waals surface area contributed by atoms with E-state index >= 15 is 0 Å². The zero-order valence-electron chi connectivity index (χ0n) is 9.20. The normalized spacial score (nSPS) is 9.76. The van der Waals surface area contributed by atoms with Gasteiger partial charge < -0.3 is 15.2 Å². The molecule has 92 valence electrons. The average Bonchev–Trinajstić information content (AvgIpc) is 2.29. The van der Waals surface area contributed by atoms with Crippen LogP contribution in [0.4, 0.5) is 5.69 Å². The molecule has 0 saturated heterocycles. The number of carbonyl (C=O) groups is 2. The molecule has 0 atom stereocenters. The number of anilines is 1. The molecule has 0 fully saturated rings. The second kappa shape index (κ2) is 6.10. The van der Waals surface area contributed by atoms with E-state index in [1.54, 1.807) is 18.2 Å². The standard InChI is InChI=1S/C11H12ClNO4/c1-17-7-2-3-9(8(12)6-7)13-10(14)4-5-11(15)16/h2-3,6H,4-5H2,1H3,(H,13,14)(H,15,16). The molecular weight excluding hydrogens is 246 g/mol. The lowest BCUT2D eigenvalue weighted by Crippen LogP contribution is -2.13. The number of hydrogen-bond acceptors (Lipinski definition) is 3. The van der Waals surface area contributed by atoms with Gasteiger partial charge in [-0.25, -0.2) is 0 Å². The molecule has 2 N–H and O–H groups in total. The van der Waals surface area contributed by atoms with E-state index in [9.17, 15) is 9.59 Å². The number of hydrogen-bond donors (Lipinski definition) is 2.